The predicted molar refractivity (Wildman–Crippen MR) is 73.4 cm³/mol. The summed E-state index contributed by atoms with van der Waals surface area (Å²) in [5, 5.41) is 39.4. The number of anilines is 1. The van der Waals surface area contributed by atoms with Gasteiger partial charge < -0.3 is 30.9 Å². The summed E-state index contributed by atoms with van der Waals surface area (Å²) < 4.78 is 6.95. The number of hydrogen-bond donors (Lipinski definition) is 5. The number of aromatic nitrogens is 4. The first-order valence-electron chi connectivity index (χ1n) is 6.76. The van der Waals surface area contributed by atoms with E-state index in [2.05, 4.69) is 15.0 Å². The van der Waals surface area contributed by atoms with Crippen molar-refractivity contribution < 1.29 is 25.2 Å². The van der Waals surface area contributed by atoms with Crippen molar-refractivity contribution in [1.82, 2.24) is 19.5 Å². The van der Waals surface area contributed by atoms with Crippen LogP contribution in [0.1, 0.15) is 12.6 Å². The van der Waals surface area contributed by atoms with E-state index in [1.807, 2.05) is 0 Å². The molecule has 2 aromatic heterocycles. The molecule has 6 N–H and O–H groups in total. The summed E-state index contributed by atoms with van der Waals surface area (Å²) >= 11 is 0. The van der Waals surface area contributed by atoms with Gasteiger partial charge in [0.1, 0.15) is 24.1 Å². The summed E-state index contributed by atoms with van der Waals surface area (Å²) in [7, 11) is 0. The quantitative estimate of drug-likeness (QED) is 0.413. The molecule has 1 fully saturated rings. The number of fused-ring (bicyclic) bond motifs is 1. The highest BCUT2D eigenvalue weighted by atomic mass is 16.5. The average Bonchev–Trinajstić information content (AvgIpc) is 2.88. The summed E-state index contributed by atoms with van der Waals surface area (Å²) in [5.74, 6) is 0.172. The average molecular weight is 311 g/mol. The van der Waals surface area contributed by atoms with Crippen molar-refractivity contribution in [3.63, 3.8) is 0 Å². The molecule has 0 spiro atoms. The van der Waals surface area contributed by atoms with Crippen molar-refractivity contribution >= 4 is 17.0 Å². The van der Waals surface area contributed by atoms with Crippen LogP contribution in [0.15, 0.2) is 12.7 Å². The van der Waals surface area contributed by atoms with E-state index in [9.17, 15) is 20.4 Å². The normalized spacial score (nSPS) is 33.0. The van der Waals surface area contributed by atoms with Gasteiger partial charge in [-0.05, 0) is 0 Å². The summed E-state index contributed by atoms with van der Waals surface area (Å²) in [6.07, 6.45) is -3.22. The molecule has 5 atom stereocenters. The van der Waals surface area contributed by atoms with Crippen LogP contribution in [0.3, 0.4) is 0 Å². The van der Waals surface area contributed by atoms with Crippen LogP contribution in [-0.2, 0) is 4.74 Å². The van der Waals surface area contributed by atoms with E-state index in [4.69, 9.17) is 10.5 Å². The van der Waals surface area contributed by atoms with Gasteiger partial charge in [0.15, 0.2) is 17.7 Å². The summed E-state index contributed by atoms with van der Waals surface area (Å²) in [6.45, 7) is -0.457. The highest BCUT2D eigenvalue weighted by Crippen LogP contribution is 2.29. The van der Waals surface area contributed by atoms with E-state index >= 15 is 0 Å². The van der Waals surface area contributed by atoms with Gasteiger partial charge in [0.05, 0.1) is 25.1 Å². The molecule has 3 heterocycles. The molecule has 1 aliphatic rings. The van der Waals surface area contributed by atoms with Crippen LogP contribution < -0.4 is 5.73 Å². The number of rotatable bonds is 2. The molecule has 0 amide bonds. The monoisotopic (exact) mass is 311 g/mol. The maximum Gasteiger partial charge on any atom is 0.167 e. The molecule has 0 radical (unpaired) electrons. The van der Waals surface area contributed by atoms with Gasteiger partial charge in [0.2, 0.25) is 0 Å². The zero-order valence-electron chi connectivity index (χ0n) is 11.5. The topological polar surface area (TPSA) is 160 Å². The minimum absolute atomic E-state index is 0.118. The fourth-order valence-corrected chi connectivity index (χ4v) is 2.53. The van der Waals surface area contributed by atoms with Gasteiger partial charge in [0, 0.05) is 6.42 Å². The lowest BCUT2D eigenvalue weighted by molar-refractivity contribution is -0.149. The molecule has 0 bridgehead atoms. The maximum atomic E-state index is 10.3. The van der Waals surface area contributed by atoms with Crippen molar-refractivity contribution in [2.45, 2.75) is 37.1 Å². The Morgan fingerprint density at radius 1 is 1.23 bits per heavy atom. The minimum atomic E-state index is -1.33. The molecule has 0 unspecified atom stereocenters. The number of nitrogen functional groups attached to an aromatic ring is 1. The number of nitrogens with two attached hydrogens (primary N) is 1. The van der Waals surface area contributed by atoms with Gasteiger partial charge in [-0.2, -0.15) is 0 Å². The number of hydrogen-bond acceptors (Lipinski definition) is 9. The van der Waals surface area contributed by atoms with Crippen LogP contribution in [-0.4, -0.2) is 71.0 Å². The van der Waals surface area contributed by atoms with Crippen LogP contribution in [0.2, 0.25) is 0 Å². The molecule has 0 aromatic carbocycles. The third-order valence-corrected chi connectivity index (χ3v) is 3.75. The Hall–Kier alpha value is -1.85. The summed E-state index contributed by atoms with van der Waals surface area (Å²) in [5.41, 5.74) is 6.36. The van der Waals surface area contributed by atoms with E-state index in [-0.39, 0.29) is 12.2 Å². The number of aliphatic hydroxyl groups is 4. The van der Waals surface area contributed by atoms with E-state index in [1.165, 1.54) is 17.2 Å². The second-order valence-electron chi connectivity index (χ2n) is 5.19. The van der Waals surface area contributed by atoms with Crippen molar-refractivity contribution in [1.29, 1.82) is 0 Å². The zero-order valence-corrected chi connectivity index (χ0v) is 11.5. The SMILES string of the molecule is Nc1ncnc2c1ncn2[C@@H]1O[C@H](CO)[C@@H](O)C[C@@H](O)[C@H]1O. The molecule has 0 aliphatic carbocycles. The molecule has 0 saturated carbocycles. The molecule has 1 aliphatic heterocycles. The van der Waals surface area contributed by atoms with Gasteiger partial charge in [-0.15, -0.1) is 0 Å². The lowest BCUT2D eigenvalue weighted by Crippen LogP contribution is -2.35. The molecule has 2 aromatic rings. The van der Waals surface area contributed by atoms with Crippen molar-refractivity contribution in [2.75, 3.05) is 12.3 Å². The highest BCUT2D eigenvalue weighted by molar-refractivity contribution is 5.81. The standard InChI is InChI=1S/C12H17N5O5/c13-10-8-11(15-3-14-10)17(4-16-8)12-9(21)6(20)1-5(19)7(2-18)22-12/h3-7,9,12,18-21H,1-2H2,(H2,13,14,15)/t5-,6+,7+,9+,12+/m0/s1. The first-order valence-corrected chi connectivity index (χ1v) is 6.76. The zero-order chi connectivity index (χ0) is 15.9. The van der Waals surface area contributed by atoms with Crippen LogP contribution in [0.4, 0.5) is 5.82 Å². The predicted octanol–water partition coefficient (Wildman–Crippen LogP) is -2.23. The van der Waals surface area contributed by atoms with Crippen LogP contribution in [0.25, 0.3) is 11.2 Å². The number of aliphatic hydroxyl groups excluding tert-OH is 4. The third-order valence-electron chi connectivity index (χ3n) is 3.75. The fourth-order valence-electron chi connectivity index (χ4n) is 2.53. The van der Waals surface area contributed by atoms with Gasteiger partial charge >= 0.3 is 0 Å². The smallest absolute Gasteiger partial charge is 0.167 e. The second kappa shape index (κ2) is 5.74. The van der Waals surface area contributed by atoms with Crippen LogP contribution >= 0.6 is 0 Å². The first kappa shape index (κ1) is 15.1. The van der Waals surface area contributed by atoms with Crippen molar-refractivity contribution in [3.8, 4) is 0 Å². The molecular formula is C12H17N5O5. The molecule has 120 valence electrons. The van der Waals surface area contributed by atoms with Crippen LogP contribution in [0, 0.1) is 0 Å². The van der Waals surface area contributed by atoms with Crippen molar-refractivity contribution in [2.24, 2.45) is 0 Å². The van der Waals surface area contributed by atoms with E-state index in [1.54, 1.807) is 0 Å². The lowest BCUT2D eigenvalue weighted by Gasteiger charge is -2.26. The first-order chi connectivity index (χ1) is 10.5. The molecule has 10 heteroatoms. The minimum Gasteiger partial charge on any atom is -0.394 e. The van der Waals surface area contributed by atoms with E-state index < -0.39 is 37.3 Å². The third kappa shape index (κ3) is 2.40. The van der Waals surface area contributed by atoms with Gasteiger partial charge in [-0.1, -0.05) is 0 Å². The fraction of sp³-hybridized carbons (Fsp3) is 0.583. The maximum absolute atomic E-state index is 10.3. The molecular weight excluding hydrogens is 294 g/mol. The Morgan fingerprint density at radius 3 is 2.73 bits per heavy atom. The van der Waals surface area contributed by atoms with E-state index in [0.717, 1.165) is 0 Å². The Labute approximate surface area is 124 Å². The second-order valence-corrected chi connectivity index (χ2v) is 5.19. The molecule has 3 rings (SSSR count). The van der Waals surface area contributed by atoms with Gasteiger partial charge in [0.25, 0.3) is 0 Å². The Balaban J connectivity index is 2.04. The Bertz CT molecular complexity index is 664. The Kier molecular flexibility index (Phi) is 3.93. The highest BCUT2D eigenvalue weighted by Gasteiger charge is 2.39. The molecule has 1 saturated heterocycles. The number of nitrogens with zero attached hydrogens (tertiary/aromatic N) is 4. The largest absolute Gasteiger partial charge is 0.394 e. The molecule has 22 heavy (non-hydrogen) atoms. The number of imidazole rings is 1. The summed E-state index contributed by atoms with van der Waals surface area (Å²) in [6, 6.07) is 0. The number of ether oxygens (including phenoxy) is 1. The van der Waals surface area contributed by atoms with Gasteiger partial charge in [-0.25, -0.2) is 15.0 Å². The van der Waals surface area contributed by atoms with E-state index in [0.29, 0.717) is 11.2 Å². The van der Waals surface area contributed by atoms with Gasteiger partial charge in [-0.3, -0.25) is 4.57 Å². The molecule has 10 nitrogen and oxygen atoms in total. The van der Waals surface area contributed by atoms with Crippen molar-refractivity contribution in [3.05, 3.63) is 12.7 Å². The summed E-state index contributed by atoms with van der Waals surface area (Å²) in [4.78, 5) is 11.9. The van der Waals surface area contributed by atoms with Crippen LogP contribution in [0.5, 0.6) is 0 Å². The lowest BCUT2D eigenvalue weighted by atomic mass is 10.0. The Morgan fingerprint density at radius 2 is 2.00 bits per heavy atom.